The Balaban J connectivity index is 2.11. The molecule has 0 aliphatic heterocycles. The van der Waals surface area contributed by atoms with Crippen molar-refractivity contribution in [3.63, 3.8) is 0 Å². The second-order valence-corrected chi connectivity index (χ2v) is 4.37. The number of aromatic nitrogens is 2. The molecule has 21 heavy (non-hydrogen) atoms. The monoisotopic (exact) mass is 281 g/mol. The van der Waals surface area contributed by atoms with Crippen LogP contribution in [0.15, 0.2) is 36.8 Å². The number of nitrogens with zero attached hydrogens (tertiary/aromatic N) is 2. The number of nitrogens with one attached hydrogen (secondary N) is 1. The molecule has 0 saturated heterocycles. The van der Waals surface area contributed by atoms with E-state index in [-0.39, 0.29) is 12.5 Å². The highest BCUT2D eigenvalue weighted by atomic mass is 16.2. The SMILES string of the molecule is Cc1ccc(C#CCO)cc1C(=O)NCc1ccncn1. The number of aliphatic hydroxyl groups excluding tert-OH is 1. The van der Waals surface area contributed by atoms with Crippen LogP contribution in [0.3, 0.4) is 0 Å². The van der Waals surface area contributed by atoms with Crippen LogP contribution in [-0.2, 0) is 6.54 Å². The molecule has 0 saturated carbocycles. The Morgan fingerprint density at radius 1 is 1.38 bits per heavy atom. The molecule has 106 valence electrons. The molecule has 0 radical (unpaired) electrons. The van der Waals surface area contributed by atoms with Gasteiger partial charge >= 0.3 is 0 Å². The molecule has 0 spiro atoms. The molecule has 1 heterocycles. The first-order valence-electron chi connectivity index (χ1n) is 6.44. The zero-order valence-corrected chi connectivity index (χ0v) is 11.6. The number of aliphatic hydroxyl groups is 1. The van der Waals surface area contributed by atoms with Crippen molar-refractivity contribution in [2.24, 2.45) is 0 Å². The minimum atomic E-state index is -0.205. The average molecular weight is 281 g/mol. The lowest BCUT2D eigenvalue weighted by atomic mass is 10.0. The third kappa shape index (κ3) is 4.13. The van der Waals surface area contributed by atoms with Crippen LogP contribution in [0.2, 0.25) is 0 Å². The molecule has 2 N–H and O–H groups in total. The van der Waals surface area contributed by atoms with Crippen LogP contribution in [0.1, 0.15) is 27.2 Å². The van der Waals surface area contributed by atoms with E-state index in [1.807, 2.05) is 19.1 Å². The van der Waals surface area contributed by atoms with Crippen molar-refractivity contribution in [2.45, 2.75) is 13.5 Å². The number of hydrogen-bond acceptors (Lipinski definition) is 4. The molecule has 5 heteroatoms. The lowest BCUT2D eigenvalue weighted by Gasteiger charge is -2.08. The normalized spacial score (nSPS) is 9.62. The van der Waals surface area contributed by atoms with Crippen molar-refractivity contribution in [1.82, 2.24) is 15.3 Å². The highest BCUT2D eigenvalue weighted by molar-refractivity contribution is 5.95. The third-order valence-corrected chi connectivity index (χ3v) is 2.87. The van der Waals surface area contributed by atoms with E-state index in [4.69, 9.17) is 5.11 Å². The molecule has 5 nitrogen and oxygen atoms in total. The smallest absolute Gasteiger partial charge is 0.251 e. The van der Waals surface area contributed by atoms with Gasteiger partial charge in [-0.25, -0.2) is 9.97 Å². The molecule has 0 bridgehead atoms. The second-order valence-electron chi connectivity index (χ2n) is 4.37. The zero-order chi connectivity index (χ0) is 15.1. The highest BCUT2D eigenvalue weighted by Crippen LogP contribution is 2.11. The quantitative estimate of drug-likeness (QED) is 0.825. The summed E-state index contributed by atoms with van der Waals surface area (Å²) in [5.41, 5.74) is 2.87. The van der Waals surface area contributed by atoms with E-state index in [1.54, 1.807) is 18.3 Å². The summed E-state index contributed by atoms with van der Waals surface area (Å²) in [4.78, 5) is 20.1. The fraction of sp³-hybridized carbons (Fsp3) is 0.188. The van der Waals surface area contributed by atoms with Gasteiger partial charge in [-0.15, -0.1) is 0 Å². The van der Waals surface area contributed by atoms with E-state index in [2.05, 4.69) is 27.1 Å². The Hall–Kier alpha value is -2.71. The van der Waals surface area contributed by atoms with Gasteiger partial charge in [-0.2, -0.15) is 0 Å². The van der Waals surface area contributed by atoms with Gasteiger partial charge in [0.1, 0.15) is 12.9 Å². The lowest BCUT2D eigenvalue weighted by Crippen LogP contribution is -2.24. The van der Waals surface area contributed by atoms with Crippen molar-refractivity contribution in [3.8, 4) is 11.8 Å². The minimum Gasteiger partial charge on any atom is -0.384 e. The van der Waals surface area contributed by atoms with Gasteiger partial charge in [0.05, 0.1) is 12.2 Å². The maximum Gasteiger partial charge on any atom is 0.251 e. The first-order valence-corrected chi connectivity index (χ1v) is 6.44. The summed E-state index contributed by atoms with van der Waals surface area (Å²) < 4.78 is 0. The van der Waals surface area contributed by atoms with Crippen LogP contribution in [0, 0.1) is 18.8 Å². The Kier molecular flexibility index (Phi) is 5.02. The predicted molar refractivity (Wildman–Crippen MR) is 78.3 cm³/mol. The van der Waals surface area contributed by atoms with E-state index >= 15 is 0 Å². The van der Waals surface area contributed by atoms with Crippen LogP contribution in [0.25, 0.3) is 0 Å². The number of carbonyl (C=O) groups is 1. The summed E-state index contributed by atoms with van der Waals surface area (Å²) in [5.74, 6) is 5.17. The standard InChI is InChI=1S/C16H15N3O2/c1-12-4-5-13(3-2-8-20)9-15(12)16(21)18-10-14-6-7-17-11-19-14/h4-7,9,11,20H,8,10H2,1H3,(H,18,21). The average Bonchev–Trinajstić information content (AvgIpc) is 2.53. The van der Waals surface area contributed by atoms with Crippen molar-refractivity contribution in [3.05, 3.63) is 59.2 Å². The second kappa shape index (κ2) is 7.17. The highest BCUT2D eigenvalue weighted by Gasteiger charge is 2.09. The number of rotatable bonds is 3. The topological polar surface area (TPSA) is 75.1 Å². The maximum atomic E-state index is 12.2. The van der Waals surface area contributed by atoms with Crippen LogP contribution in [-0.4, -0.2) is 27.6 Å². The number of amides is 1. The predicted octanol–water partition coefficient (Wildman–Crippen LogP) is 1.06. The van der Waals surface area contributed by atoms with Crippen molar-refractivity contribution in [2.75, 3.05) is 6.61 Å². The van der Waals surface area contributed by atoms with E-state index in [0.717, 1.165) is 11.3 Å². The number of benzene rings is 1. The number of carbonyl (C=O) groups excluding carboxylic acids is 1. The molecular weight excluding hydrogens is 266 g/mol. The fourth-order valence-corrected chi connectivity index (χ4v) is 1.77. The Morgan fingerprint density at radius 3 is 2.95 bits per heavy atom. The van der Waals surface area contributed by atoms with Gasteiger partial charge in [0.15, 0.2) is 0 Å². The molecule has 0 unspecified atom stereocenters. The molecule has 2 rings (SSSR count). The number of aryl methyl sites for hydroxylation is 1. The molecule has 1 amide bonds. The van der Waals surface area contributed by atoms with E-state index < -0.39 is 0 Å². The van der Waals surface area contributed by atoms with Crippen LogP contribution in [0.4, 0.5) is 0 Å². The van der Waals surface area contributed by atoms with Gasteiger partial charge in [0, 0.05) is 17.3 Å². The molecule has 0 atom stereocenters. The Bertz CT molecular complexity index is 688. The van der Waals surface area contributed by atoms with Gasteiger partial charge in [-0.3, -0.25) is 4.79 Å². The first-order chi connectivity index (χ1) is 10.2. The van der Waals surface area contributed by atoms with Gasteiger partial charge < -0.3 is 10.4 Å². The molecule has 0 aliphatic rings. The van der Waals surface area contributed by atoms with Crippen molar-refractivity contribution in [1.29, 1.82) is 0 Å². The summed E-state index contributed by atoms with van der Waals surface area (Å²) in [7, 11) is 0. The van der Waals surface area contributed by atoms with Crippen LogP contribution in [0.5, 0.6) is 0 Å². The molecular formula is C16H15N3O2. The molecule has 1 aromatic heterocycles. The van der Waals surface area contributed by atoms with Crippen LogP contribution < -0.4 is 5.32 Å². The molecule has 2 aromatic rings. The summed E-state index contributed by atoms with van der Waals surface area (Å²) in [6, 6.07) is 7.11. The summed E-state index contributed by atoms with van der Waals surface area (Å²) >= 11 is 0. The Labute approximate surface area is 123 Å². The molecule has 0 aliphatic carbocycles. The lowest BCUT2D eigenvalue weighted by molar-refractivity contribution is 0.0949. The maximum absolute atomic E-state index is 12.2. The van der Waals surface area contributed by atoms with E-state index in [9.17, 15) is 4.79 Å². The largest absolute Gasteiger partial charge is 0.384 e. The van der Waals surface area contributed by atoms with E-state index in [0.29, 0.717) is 17.7 Å². The van der Waals surface area contributed by atoms with Crippen molar-refractivity contribution >= 4 is 5.91 Å². The van der Waals surface area contributed by atoms with Crippen molar-refractivity contribution < 1.29 is 9.90 Å². The number of hydrogen-bond donors (Lipinski definition) is 2. The summed E-state index contributed by atoms with van der Waals surface area (Å²) in [6.45, 7) is 2.00. The third-order valence-electron chi connectivity index (χ3n) is 2.87. The van der Waals surface area contributed by atoms with Gasteiger partial charge in [-0.05, 0) is 30.7 Å². The van der Waals surface area contributed by atoms with E-state index in [1.165, 1.54) is 6.33 Å². The molecule has 0 fully saturated rings. The Morgan fingerprint density at radius 2 is 2.24 bits per heavy atom. The van der Waals surface area contributed by atoms with Gasteiger partial charge in [0.2, 0.25) is 0 Å². The van der Waals surface area contributed by atoms with Gasteiger partial charge in [0.25, 0.3) is 5.91 Å². The summed E-state index contributed by atoms with van der Waals surface area (Å²) in [5, 5.41) is 11.5. The fourth-order valence-electron chi connectivity index (χ4n) is 1.77. The zero-order valence-electron chi connectivity index (χ0n) is 11.6. The first kappa shape index (κ1) is 14.7. The summed E-state index contributed by atoms with van der Waals surface area (Å²) in [6.07, 6.45) is 3.07. The molecule has 1 aromatic carbocycles. The van der Waals surface area contributed by atoms with Crippen LogP contribution >= 0.6 is 0 Å². The van der Waals surface area contributed by atoms with Gasteiger partial charge in [-0.1, -0.05) is 17.9 Å². The minimum absolute atomic E-state index is 0.182.